The first-order chi connectivity index (χ1) is 11.7. The number of fused-ring (bicyclic) bond motifs is 1. The van der Waals surface area contributed by atoms with E-state index in [1.165, 1.54) is 0 Å². The smallest absolute Gasteiger partial charge is 0.254 e. The largest absolute Gasteiger partial charge is 0.339 e. The van der Waals surface area contributed by atoms with E-state index in [0.717, 1.165) is 48.5 Å². The van der Waals surface area contributed by atoms with Crippen molar-refractivity contribution in [2.45, 2.75) is 0 Å². The maximum atomic E-state index is 13.0. The van der Waals surface area contributed by atoms with Gasteiger partial charge in [-0.25, -0.2) is 4.98 Å². The maximum absolute atomic E-state index is 13.0. The molecule has 4 rings (SSSR count). The average Bonchev–Trinajstić information content (AvgIpc) is 3.07. The van der Waals surface area contributed by atoms with Crippen LogP contribution in [0.5, 0.6) is 0 Å². The zero-order chi connectivity index (χ0) is 16.5. The van der Waals surface area contributed by atoms with Crippen molar-refractivity contribution in [1.82, 2.24) is 14.5 Å². The van der Waals surface area contributed by atoms with Gasteiger partial charge in [-0.15, -0.1) is 0 Å². The van der Waals surface area contributed by atoms with Gasteiger partial charge in [-0.1, -0.05) is 36.4 Å². The van der Waals surface area contributed by atoms with Gasteiger partial charge >= 0.3 is 0 Å². The molecule has 1 aromatic heterocycles. The molecule has 0 aliphatic carbocycles. The average molecular weight is 320 g/mol. The number of hydrogen-bond acceptors (Lipinski definition) is 3. The Morgan fingerprint density at radius 3 is 2.50 bits per heavy atom. The van der Waals surface area contributed by atoms with Crippen LogP contribution in [0.15, 0.2) is 54.9 Å². The van der Waals surface area contributed by atoms with Crippen LogP contribution in [0.3, 0.4) is 0 Å². The van der Waals surface area contributed by atoms with Gasteiger partial charge < -0.3 is 14.4 Å². The topological polar surface area (TPSA) is 41.4 Å². The van der Waals surface area contributed by atoms with E-state index < -0.39 is 0 Å². The van der Waals surface area contributed by atoms with Crippen LogP contribution in [0.1, 0.15) is 10.4 Å². The van der Waals surface area contributed by atoms with Crippen LogP contribution in [0.2, 0.25) is 0 Å². The lowest BCUT2D eigenvalue weighted by Crippen LogP contribution is -2.49. The summed E-state index contributed by atoms with van der Waals surface area (Å²) in [4.78, 5) is 21.5. The monoisotopic (exact) mass is 320 g/mol. The summed E-state index contributed by atoms with van der Waals surface area (Å²) >= 11 is 0. The standard InChI is InChI=1S/C19H20N4O/c1-21-10-9-20-19(21)23-13-11-22(12-14-23)18(24)17-8-4-6-15-5-2-3-7-16(15)17/h2-10H,11-14H2,1H3. The number of hydrogen-bond donors (Lipinski definition) is 0. The molecule has 0 radical (unpaired) electrons. The van der Waals surface area contributed by atoms with Crippen molar-refractivity contribution in [3.8, 4) is 0 Å². The summed E-state index contributed by atoms with van der Waals surface area (Å²) in [7, 11) is 2.00. The van der Waals surface area contributed by atoms with Crippen molar-refractivity contribution in [1.29, 1.82) is 0 Å². The molecule has 5 heteroatoms. The fraction of sp³-hybridized carbons (Fsp3) is 0.263. The highest BCUT2D eigenvalue weighted by Crippen LogP contribution is 2.21. The van der Waals surface area contributed by atoms with Gasteiger partial charge in [-0.3, -0.25) is 4.79 Å². The normalized spacial score (nSPS) is 15.0. The van der Waals surface area contributed by atoms with Gasteiger partial charge in [0.2, 0.25) is 5.95 Å². The quantitative estimate of drug-likeness (QED) is 0.728. The third-order valence-electron chi connectivity index (χ3n) is 4.67. The molecule has 1 aliphatic rings. The molecule has 5 nitrogen and oxygen atoms in total. The summed E-state index contributed by atoms with van der Waals surface area (Å²) in [5, 5.41) is 2.13. The molecular weight excluding hydrogens is 300 g/mol. The van der Waals surface area contributed by atoms with Gasteiger partial charge in [0.1, 0.15) is 0 Å². The molecule has 0 N–H and O–H groups in total. The molecule has 2 aromatic carbocycles. The molecule has 0 bridgehead atoms. The predicted molar refractivity (Wildman–Crippen MR) is 95.3 cm³/mol. The van der Waals surface area contributed by atoms with Crippen LogP contribution in [0, 0.1) is 0 Å². The molecule has 1 amide bonds. The molecule has 2 heterocycles. The van der Waals surface area contributed by atoms with Crippen molar-refractivity contribution in [3.05, 3.63) is 60.4 Å². The zero-order valence-electron chi connectivity index (χ0n) is 13.7. The number of aromatic nitrogens is 2. The number of benzene rings is 2. The molecule has 3 aromatic rings. The molecule has 1 saturated heterocycles. The summed E-state index contributed by atoms with van der Waals surface area (Å²) in [6, 6.07) is 14.0. The molecule has 0 saturated carbocycles. The summed E-state index contributed by atoms with van der Waals surface area (Å²) in [5.41, 5.74) is 0.790. The number of piperazine rings is 1. The van der Waals surface area contributed by atoms with Gasteiger partial charge in [-0.2, -0.15) is 0 Å². The Hall–Kier alpha value is -2.82. The molecular formula is C19H20N4O. The van der Waals surface area contributed by atoms with Crippen molar-refractivity contribution >= 4 is 22.6 Å². The van der Waals surface area contributed by atoms with E-state index in [4.69, 9.17) is 0 Å². The van der Waals surface area contributed by atoms with Crippen molar-refractivity contribution < 1.29 is 4.79 Å². The number of amides is 1. The number of carbonyl (C=O) groups is 1. The second kappa shape index (κ2) is 6.00. The lowest BCUT2D eigenvalue weighted by atomic mass is 10.0. The molecule has 24 heavy (non-hydrogen) atoms. The molecule has 122 valence electrons. The van der Waals surface area contributed by atoms with Gasteiger partial charge in [0.25, 0.3) is 5.91 Å². The fourth-order valence-electron chi connectivity index (χ4n) is 3.35. The summed E-state index contributed by atoms with van der Waals surface area (Å²) < 4.78 is 2.02. The SMILES string of the molecule is Cn1ccnc1N1CCN(C(=O)c2cccc3ccccc23)CC1. The third kappa shape index (κ3) is 2.52. The zero-order valence-corrected chi connectivity index (χ0v) is 13.7. The minimum Gasteiger partial charge on any atom is -0.339 e. The van der Waals surface area contributed by atoms with Crippen molar-refractivity contribution in [3.63, 3.8) is 0 Å². The Morgan fingerprint density at radius 2 is 1.75 bits per heavy atom. The van der Waals surface area contributed by atoms with Crippen molar-refractivity contribution in [2.75, 3.05) is 31.1 Å². The molecule has 1 aliphatic heterocycles. The van der Waals surface area contributed by atoms with E-state index in [0.29, 0.717) is 0 Å². The first-order valence-electron chi connectivity index (χ1n) is 8.23. The van der Waals surface area contributed by atoms with Crippen molar-refractivity contribution in [2.24, 2.45) is 7.05 Å². The summed E-state index contributed by atoms with van der Waals surface area (Å²) in [6.45, 7) is 3.05. The second-order valence-corrected chi connectivity index (χ2v) is 6.14. The van der Waals surface area contributed by atoms with Crippen LogP contribution in [-0.4, -0.2) is 46.5 Å². The number of anilines is 1. The third-order valence-corrected chi connectivity index (χ3v) is 4.67. The first kappa shape index (κ1) is 14.8. The lowest BCUT2D eigenvalue weighted by molar-refractivity contribution is 0.0748. The Morgan fingerprint density at radius 1 is 1.00 bits per heavy atom. The Labute approximate surface area is 141 Å². The minimum absolute atomic E-state index is 0.117. The van der Waals surface area contributed by atoms with E-state index in [1.807, 2.05) is 71.4 Å². The fourth-order valence-corrected chi connectivity index (χ4v) is 3.35. The van der Waals surface area contributed by atoms with E-state index in [2.05, 4.69) is 9.88 Å². The number of aryl methyl sites for hydroxylation is 1. The predicted octanol–water partition coefficient (Wildman–Crippen LogP) is 2.54. The number of rotatable bonds is 2. The van der Waals surface area contributed by atoms with Gasteiger partial charge in [0, 0.05) is 51.2 Å². The van der Waals surface area contributed by atoms with Crippen LogP contribution >= 0.6 is 0 Å². The maximum Gasteiger partial charge on any atom is 0.254 e. The highest BCUT2D eigenvalue weighted by molar-refractivity contribution is 6.07. The van der Waals surface area contributed by atoms with E-state index in [1.54, 1.807) is 0 Å². The Balaban J connectivity index is 1.53. The second-order valence-electron chi connectivity index (χ2n) is 6.14. The highest BCUT2D eigenvalue weighted by atomic mass is 16.2. The summed E-state index contributed by atoms with van der Waals surface area (Å²) in [6.07, 6.45) is 3.76. The minimum atomic E-state index is 0.117. The van der Waals surface area contributed by atoms with E-state index in [9.17, 15) is 4.79 Å². The number of imidazole rings is 1. The summed E-state index contributed by atoms with van der Waals surface area (Å²) in [5.74, 6) is 1.08. The first-order valence-corrected chi connectivity index (χ1v) is 8.23. The van der Waals surface area contributed by atoms with Gasteiger partial charge in [0.15, 0.2) is 0 Å². The lowest BCUT2D eigenvalue weighted by Gasteiger charge is -2.35. The van der Waals surface area contributed by atoms with Crippen LogP contribution in [-0.2, 0) is 7.05 Å². The Bertz CT molecular complexity index is 872. The molecule has 0 spiro atoms. The van der Waals surface area contributed by atoms with Gasteiger partial charge in [0.05, 0.1) is 0 Å². The van der Waals surface area contributed by atoms with E-state index in [-0.39, 0.29) is 5.91 Å². The van der Waals surface area contributed by atoms with Gasteiger partial charge in [-0.05, 0) is 16.8 Å². The van der Waals surface area contributed by atoms with Crippen LogP contribution in [0.4, 0.5) is 5.95 Å². The van der Waals surface area contributed by atoms with E-state index >= 15 is 0 Å². The highest BCUT2D eigenvalue weighted by Gasteiger charge is 2.24. The molecule has 0 unspecified atom stereocenters. The number of nitrogens with zero attached hydrogens (tertiary/aromatic N) is 4. The number of carbonyl (C=O) groups excluding carboxylic acids is 1. The Kier molecular flexibility index (Phi) is 3.69. The molecule has 1 fully saturated rings. The molecule has 0 atom stereocenters. The van der Waals surface area contributed by atoms with Crippen LogP contribution in [0.25, 0.3) is 10.8 Å². The van der Waals surface area contributed by atoms with Crippen LogP contribution < -0.4 is 4.90 Å².